The number of hydrogen-bond donors (Lipinski definition) is 1. The van der Waals surface area contributed by atoms with E-state index in [1.165, 1.54) is 10.8 Å². The van der Waals surface area contributed by atoms with Crippen molar-refractivity contribution in [3.8, 4) is 0 Å². The van der Waals surface area contributed by atoms with Crippen LogP contribution in [0.15, 0.2) is 112 Å². The first kappa shape index (κ1) is 27.6. The second-order valence-corrected chi connectivity index (χ2v) is 10.2. The summed E-state index contributed by atoms with van der Waals surface area (Å²) in [4.78, 5) is 15.6. The minimum Gasteiger partial charge on any atom is -0.372 e. The molecule has 0 aliphatic carbocycles. The number of fused-ring (bicyclic) bond motifs is 2. The summed E-state index contributed by atoms with van der Waals surface area (Å²) in [6, 6.07) is 31.4. The zero-order valence-electron chi connectivity index (χ0n) is 22.3. The first-order valence-corrected chi connectivity index (χ1v) is 13.7. The highest BCUT2D eigenvalue weighted by molar-refractivity contribution is 6.31. The first-order chi connectivity index (χ1) is 19.4. The van der Waals surface area contributed by atoms with Crippen LogP contribution in [-0.4, -0.2) is 55.5 Å². The molecule has 0 bridgehead atoms. The Morgan fingerprint density at radius 2 is 1.48 bits per heavy atom. The van der Waals surface area contributed by atoms with Crippen LogP contribution in [0.4, 0.5) is 5.69 Å². The monoisotopic (exact) mass is 569 g/mol. The molecule has 2 aliphatic rings. The molecule has 4 aromatic carbocycles. The standard InChI is InChI=1S/C16H14ClN3O.C16H15ClN2/c1-18-15-10-20(21)16(11-5-3-2-4-6-11)13-9-12(17)7-8-14(13)19-15;1-19-10-9-18-16(12-5-3-2-4-6-12)14-11-13(17)7-8-15(14)19/h2-9,21H,10H2,1H3;2-8,11H,9-10H2,1H3. The van der Waals surface area contributed by atoms with E-state index in [4.69, 9.17) is 28.2 Å². The summed E-state index contributed by atoms with van der Waals surface area (Å²) in [6.07, 6.45) is 0. The maximum atomic E-state index is 10.5. The normalized spacial score (nSPS) is 15.6. The Morgan fingerprint density at radius 3 is 2.17 bits per heavy atom. The van der Waals surface area contributed by atoms with Crippen LogP contribution in [0.25, 0.3) is 5.70 Å². The largest absolute Gasteiger partial charge is 0.372 e. The predicted molar refractivity (Wildman–Crippen MR) is 165 cm³/mol. The van der Waals surface area contributed by atoms with E-state index in [2.05, 4.69) is 40.1 Å². The van der Waals surface area contributed by atoms with Crippen molar-refractivity contribution in [1.29, 1.82) is 0 Å². The van der Waals surface area contributed by atoms with E-state index in [9.17, 15) is 5.21 Å². The van der Waals surface area contributed by atoms with Gasteiger partial charge in [0, 0.05) is 58.3 Å². The third-order valence-corrected chi connectivity index (χ3v) is 7.17. The van der Waals surface area contributed by atoms with E-state index >= 15 is 0 Å². The van der Waals surface area contributed by atoms with Gasteiger partial charge in [0.25, 0.3) is 0 Å². The van der Waals surface area contributed by atoms with E-state index in [0.717, 1.165) is 51.1 Å². The number of halogens is 2. The number of nitrogens with zero attached hydrogens (tertiary/aromatic N) is 5. The number of aliphatic imine (C=N–C) groups is 2. The van der Waals surface area contributed by atoms with Crippen molar-refractivity contribution in [3.63, 3.8) is 0 Å². The van der Waals surface area contributed by atoms with Gasteiger partial charge in [0.1, 0.15) is 12.4 Å². The van der Waals surface area contributed by atoms with Crippen LogP contribution >= 0.6 is 23.2 Å². The highest BCUT2D eigenvalue weighted by Gasteiger charge is 2.18. The zero-order chi connectivity index (χ0) is 28.1. The summed E-state index contributed by atoms with van der Waals surface area (Å²) < 4.78 is 0. The van der Waals surface area contributed by atoms with Gasteiger partial charge in [-0.15, -0.1) is 0 Å². The molecule has 0 spiro atoms. The molecule has 2 heterocycles. The van der Waals surface area contributed by atoms with Crippen molar-refractivity contribution in [2.24, 2.45) is 15.0 Å². The Kier molecular flexibility index (Phi) is 8.60. The molecule has 0 fully saturated rings. The van der Waals surface area contributed by atoms with Crippen LogP contribution in [-0.2, 0) is 0 Å². The number of benzene rings is 4. The van der Waals surface area contributed by atoms with Gasteiger partial charge in [0.15, 0.2) is 0 Å². The summed E-state index contributed by atoms with van der Waals surface area (Å²) in [5.74, 6) is 0.562. The number of benzodiazepines with no additional fused rings is 1. The molecule has 2 aliphatic heterocycles. The van der Waals surface area contributed by atoms with E-state index in [-0.39, 0.29) is 6.54 Å². The maximum absolute atomic E-state index is 10.5. The fourth-order valence-corrected chi connectivity index (χ4v) is 5.08. The predicted octanol–water partition coefficient (Wildman–Crippen LogP) is 5.48. The van der Waals surface area contributed by atoms with Gasteiger partial charge in [-0.2, -0.15) is 0 Å². The Balaban J connectivity index is 0.000000162. The number of anilines is 1. The van der Waals surface area contributed by atoms with Gasteiger partial charge in [-0.3, -0.25) is 15.2 Å². The molecular weight excluding hydrogens is 541 g/mol. The van der Waals surface area contributed by atoms with Gasteiger partial charge in [0.05, 0.1) is 23.3 Å². The Bertz CT molecular complexity index is 1690. The Morgan fingerprint density at radius 1 is 0.825 bits per heavy atom. The Labute approximate surface area is 243 Å². The molecule has 1 N–H and O–H groups in total. The van der Waals surface area contributed by atoms with Crippen LogP contribution in [0.1, 0.15) is 16.7 Å². The number of hydroxylamine groups is 2. The first-order valence-electron chi connectivity index (χ1n) is 12.9. The molecule has 0 unspecified atom stereocenters. The molecule has 6 rings (SSSR count). The number of likely N-dealkylation sites (N-methyl/N-ethyl adjacent to an activating group) is 1. The molecular formula is C32H29Cl2N5O. The minimum absolute atomic E-state index is 0.229. The number of amidine groups is 1. The molecule has 8 heteroatoms. The van der Waals surface area contributed by atoms with Gasteiger partial charge < -0.3 is 4.90 Å². The molecule has 0 atom stereocenters. The van der Waals surface area contributed by atoms with Crippen molar-refractivity contribution in [2.45, 2.75) is 0 Å². The SMILES string of the molecule is CN1CCN=C(c2ccccc2)c2cc(Cl)ccc21.CN=C1CN(O)C(c2ccccc2)=c2cc(Cl)ccc2=N1. The number of hydrogen-bond acceptors (Lipinski definition) is 5. The van der Waals surface area contributed by atoms with Crippen molar-refractivity contribution in [3.05, 3.63) is 134 Å². The van der Waals surface area contributed by atoms with Crippen molar-refractivity contribution in [1.82, 2.24) is 5.06 Å². The molecule has 0 radical (unpaired) electrons. The molecule has 0 aromatic heterocycles. The van der Waals surface area contributed by atoms with Gasteiger partial charge in [-0.05, 0) is 36.4 Å². The summed E-state index contributed by atoms with van der Waals surface area (Å²) in [5.41, 5.74) is 6.04. The summed E-state index contributed by atoms with van der Waals surface area (Å²) >= 11 is 12.3. The van der Waals surface area contributed by atoms with Crippen molar-refractivity contribution < 1.29 is 5.21 Å². The third kappa shape index (κ3) is 6.10. The highest BCUT2D eigenvalue weighted by atomic mass is 35.5. The third-order valence-electron chi connectivity index (χ3n) is 6.70. The fraction of sp³-hybridized carbons (Fsp3) is 0.156. The van der Waals surface area contributed by atoms with Crippen molar-refractivity contribution in [2.75, 3.05) is 38.6 Å². The summed E-state index contributed by atoms with van der Waals surface area (Å²) in [5, 5.41) is 14.5. The smallest absolute Gasteiger partial charge is 0.145 e. The second-order valence-electron chi connectivity index (χ2n) is 9.36. The van der Waals surface area contributed by atoms with Crippen LogP contribution in [0.5, 0.6) is 0 Å². The minimum atomic E-state index is 0.229. The van der Waals surface area contributed by atoms with Gasteiger partial charge >= 0.3 is 0 Å². The van der Waals surface area contributed by atoms with Crippen LogP contribution in [0, 0.1) is 0 Å². The van der Waals surface area contributed by atoms with E-state index in [1.807, 2.05) is 72.8 Å². The number of rotatable bonds is 2. The molecule has 202 valence electrons. The molecule has 4 aromatic rings. The lowest BCUT2D eigenvalue weighted by Gasteiger charge is -2.19. The van der Waals surface area contributed by atoms with E-state index < -0.39 is 0 Å². The molecule has 0 saturated heterocycles. The second kappa shape index (κ2) is 12.5. The fourth-order valence-electron chi connectivity index (χ4n) is 4.73. The van der Waals surface area contributed by atoms with E-state index in [1.54, 1.807) is 13.1 Å². The summed E-state index contributed by atoms with van der Waals surface area (Å²) in [6.45, 7) is 1.95. The molecule has 6 nitrogen and oxygen atoms in total. The molecule has 0 amide bonds. The lowest BCUT2D eigenvalue weighted by molar-refractivity contribution is -0.0119. The molecule has 0 saturated carbocycles. The van der Waals surface area contributed by atoms with Gasteiger partial charge in [-0.1, -0.05) is 83.9 Å². The quantitative estimate of drug-likeness (QED) is 0.348. The topological polar surface area (TPSA) is 63.8 Å². The average molecular weight is 571 g/mol. The van der Waals surface area contributed by atoms with Crippen LogP contribution in [0.2, 0.25) is 10.0 Å². The van der Waals surface area contributed by atoms with E-state index in [0.29, 0.717) is 16.6 Å². The Hall–Kier alpha value is -3.97. The van der Waals surface area contributed by atoms with Crippen LogP contribution < -0.4 is 15.5 Å². The van der Waals surface area contributed by atoms with Gasteiger partial charge in [0.2, 0.25) is 0 Å². The highest BCUT2D eigenvalue weighted by Crippen LogP contribution is 2.28. The van der Waals surface area contributed by atoms with Gasteiger partial charge in [-0.25, -0.2) is 10.1 Å². The van der Waals surface area contributed by atoms with Crippen molar-refractivity contribution >= 4 is 46.1 Å². The maximum Gasteiger partial charge on any atom is 0.145 e. The van der Waals surface area contributed by atoms with Crippen LogP contribution in [0.3, 0.4) is 0 Å². The summed E-state index contributed by atoms with van der Waals surface area (Å²) in [7, 11) is 3.76. The lowest BCUT2D eigenvalue weighted by Crippen LogP contribution is -2.31. The zero-order valence-corrected chi connectivity index (χ0v) is 23.8. The lowest BCUT2D eigenvalue weighted by atomic mass is 10.0. The average Bonchev–Trinajstić information content (AvgIpc) is 3.22. The molecule has 40 heavy (non-hydrogen) atoms.